The number of aromatic nitrogens is 2. The molecule has 0 radical (unpaired) electrons. The average Bonchev–Trinajstić information content (AvgIpc) is 3.18. The van der Waals surface area contributed by atoms with Crippen LogP contribution < -0.4 is 5.32 Å². The number of hydrogen-bond acceptors (Lipinski definition) is 4. The zero-order valence-electron chi connectivity index (χ0n) is 16.0. The second-order valence-corrected chi connectivity index (χ2v) is 6.89. The van der Waals surface area contributed by atoms with Gasteiger partial charge < -0.3 is 15.0 Å². The molecule has 7 nitrogen and oxygen atoms in total. The van der Waals surface area contributed by atoms with Crippen LogP contribution in [0.3, 0.4) is 0 Å². The predicted octanol–water partition coefficient (Wildman–Crippen LogP) is 3.10. The van der Waals surface area contributed by atoms with Gasteiger partial charge >= 0.3 is 5.97 Å². The summed E-state index contributed by atoms with van der Waals surface area (Å²) < 4.78 is 6.66. The molecule has 0 spiro atoms. The second kappa shape index (κ2) is 10.7. The van der Waals surface area contributed by atoms with Gasteiger partial charge in [0.15, 0.2) is 5.96 Å². The Hall–Kier alpha value is -1.81. The Morgan fingerprint density at radius 3 is 2.61 bits per heavy atom. The van der Waals surface area contributed by atoms with Crippen LogP contribution in [0.2, 0.25) is 5.02 Å². The molecule has 1 aliphatic heterocycles. The maximum atomic E-state index is 11.7. The number of aliphatic imine (C=N–C) groups is 1. The molecule has 1 aromatic heterocycles. The molecule has 1 saturated heterocycles. The lowest BCUT2D eigenvalue weighted by Crippen LogP contribution is -2.46. The van der Waals surface area contributed by atoms with Crippen LogP contribution in [0, 0.1) is 5.92 Å². The van der Waals surface area contributed by atoms with Crippen molar-refractivity contribution in [3.8, 4) is 5.69 Å². The average molecular weight is 518 g/mol. The summed E-state index contributed by atoms with van der Waals surface area (Å²) in [6.07, 6.45) is 5.37. The first-order valence-electron chi connectivity index (χ1n) is 8.93. The van der Waals surface area contributed by atoms with E-state index in [1.165, 1.54) is 7.11 Å². The summed E-state index contributed by atoms with van der Waals surface area (Å²) in [4.78, 5) is 18.2. The molecule has 0 bridgehead atoms. The number of piperidine rings is 1. The number of halogens is 2. The lowest BCUT2D eigenvalue weighted by atomic mass is 9.97. The van der Waals surface area contributed by atoms with E-state index in [0.29, 0.717) is 11.6 Å². The lowest BCUT2D eigenvalue weighted by molar-refractivity contribution is -0.146. The van der Waals surface area contributed by atoms with Crippen LogP contribution in [0.5, 0.6) is 0 Å². The number of benzene rings is 1. The number of nitrogens with one attached hydrogen (secondary N) is 1. The van der Waals surface area contributed by atoms with Crippen LogP contribution in [0.1, 0.15) is 18.4 Å². The Kier molecular flexibility index (Phi) is 8.56. The monoisotopic (exact) mass is 517 g/mol. The maximum Gasteiger partial charge on any atom is 0.308 e. The van der Waals surface area contributed by atoms with E-state index in [1.54, 1.807) is 7.05 Å². The molecule has 1 N–H and O–H groups in total. The molecule has 0 unspecified atom stereocenters. The van der Waals surface area contributed by atoms with Crippen molar-refractivity contribution < 1.29 is 9.53 Å². The molecular weight excluding hydrogens is 493 g/mol. The minimum Gasteiger partial charge on any atom is -0.469 e. The zero-order valence-corrected chi connectivity index (χ0v) is 19.1. The number of likely N-dealkylation sites (tertiary alicyclic amines) is 1. The van der Waals surface area contributed by atoms with Gasteiger partial charge in [0.1, 0.15) is 0 Å². The number of nitrogens with zero attached hydrogens (tertiary/aromatic N) is 4. The smallest absolute Gasteiger partial charge is 0.308 e. The van der Waals surface area contributed by atoms with Crippen LogP contribution in [-0.2, 0) is 16.1 Å². The van der Waals surface area contributed by atoms with Crippen molar-refractivity contribution in [2.45, 2.75) is 19.4 Å². The van der Waals surface area contributed by atoms with E-state index >= 15 is 0 Å². The highest BCUT2D eigenvalue weighted by molar-refractivity contribution is 14.0. The van der Waals surface area contributed by atoms with Gasteiger partial charge in [-0.25, -0.2) is 4.68 Å². The summed E-state index contributed by atoms with van der Waals surface area (Å²) in [5, 5.41) is 8.47. The molecule has 2 aromatic rings. The zero-order chi connectivity index (χ0) is 19.2. The first-order valence-corrected chi connectivity index (χ1v) is 9.31. The first-order chi connectivity index (χ1) is 13.1. The molecule has 1 aromatic carbocycles. The van der Waals surface area contributed by atoms with E-state index in [2.05, 4.69) is 20.3 Å². The highest BCUT2D eigenvalue weighted by atomic mass is 127. The van der Waals surface area contributed by atoms with Crippen LogP contribution in [0.25, 0.3) is 5.69 Å². The van der Waals surface area contributed by atoms with Crippen molar-refractivity contribution >= 4 is 47.5 Å². The number of carbonyl (C=O) groups excluding carboxylic acids is 1. The first kappa shape index (κ1) is 22.5. The molecule has 1 fully saturated rings. The number of rotatable bonds is 4. The third kappa shape index (κ3) is 5.60. The minimum absolute atomic E-state index is 0. The topological polar surface area (TPSA) is 71.8 Å². The lowest BCUT2D eigenvalue weighted by Gasteiger charge is -2.33. The van der Waals surface area contributed by atoms with E-state index in [-0.39, 0.29) is 35.9 Å². The van der Waals surface area contributed by atoms with Crippen molar-refractivity contribution in [3.63, 3.8) is 0 Å². The van der Waals surface area contributed by atoms with Crippen LogP contribution >= 0.6 is 35.6 Å². The van der Waals surface area contributed by atoms with Gasteiger partial charge in [-0.2, -0.15) is 5.10 Å². The van der Waals surface area contributed by atoms with E-state index in [9.17, 15) is 4.79 Å². The van der Waals surface area contributed by atoms with Gasteiger partial charge in [-0.3, -0.25) is 9.79 Å². The number of carbonyl (C=O) groups is 1. The number of hydrogen-bond donors (Lipinski definition) is 1. The molecule has 0 saturated carbocycles. The number of guanidine groups is 1. The number of ether oxygens (including phenoxy) is 1. The quantitative estimate of drug-likeness (QED) is 0.292. The molecule has 2 heterocycles. The number of methoxy groups -OCH3 is 1. The van der Waals surface area contributed by atoms with Crippen molar-refractivity contribution in [2.75, 3.05) is 27.2 Å². The molecule has 0 atom stereocenters. The SMILES string of the molecule is CN=C(NCc1cnn(-c2ccc(Cl)cc2)c1)N1CCC(C(=O)OC)CC1.I. The van der Waals surface area contributed by atoms with E-state index in [1.807, 2.05) is 41.3 Å². The highest BCUT2D eigenvalue weighted by Crippen LogP contribution is 2.18. The fourth-order valence-electron chi connectivity index (χ4n) is 3.19. The van der Waals surface area contributed by atoms with Crippen molar-refractivity contribution in [3.05, 3.63) is 47.2 Å². The van der Waals surface area contributed by atoms with Crippen LogP contribution in [0.15, 0.2) is 41.7 Å². The maximum absolute atomic E-state index is 11.7. The van der Waals surface area contributed by atoms with Gasteiger partial charge in [-0.1, -0.05) is 11.6 Å². The van der Waals surface area contributed by atoms with Crippen molar-refractivity contribution in [2.24, 2.45) is 10.9 Å². The van der Waals surface area contributed by atoms with Gasteiger partial charge in [0.25, 0.3) is 0 Å². The summed E-state index contributed by atoms with van der Waals surface area (Å²) in [5.74, 6) is 0.701. The fourth-order valence-corrected chi connectivity index (χ4v) is 3.32. The normalized spacial score (nSPS) is 15.1. The molecule has 0 aliphatic carbocycles. The van der Waals surface area contributed by atoms with Crippen molar-refractivity contribution in [1.29, 1.82) is 0 Å². The Labute approximate surface area is 187 Å². The standard InChI is InChI=1S/C19H24ClN5O2.HI/c1-21-19(24-9-7-15(8-10-24)18(26)27-2)22-11-14-12-23-25(13-14)17-5-3-16(20)4-6-17;/h3-6,12-13,15H,7-11H2,1-2H3,(H,21,22);1H. The Balaban J connectivity index is 0.00000280. The van der Waals surface area contributed by atoms with E-state index in [0.717, 1.165) is 43.1 Å². The fraction of sp³-hybridized carbons (Fsp3) is 0.421. The van der Waals surface area contributed by atoms with Crippen LogP contribution in [0.4, 0.5) is 0 Å². The Bertz CT molecular complexity index is 801. The largest absolute Gasteiger partial charge is 0.469 e. The Morgan fingerprint density at radius 2 is 2.00 bits per heavy atom. The van der Waals surface area contributed by atoms with Gasteiger partial charge in [-0.05, 0) is 37.1 Å². The van der Waals surface area contributed by atoms with Gasteiger partial charge in [0.2, 0.25) is 0 Å². The third-order valence-corrected chi connectivity index (χ3v) is 4.97. The molecule has 3 rings (SSSR count). The van der Waals surface area contributed by atoms with Gasteiger partial charge in [0, 0.05) is 43.5 Å². The van der Waals surface area contributed by atoms with Gasteiger partial charge in [-0.15, -0.1) is 24.0 Å². The predicted molar refractivity (Wildman–Crippen MR) is 121 cm³/mol. The van der Waals surface area contributed by atoms with E-state index < -0.39 is 0 Å². The molecule has 152 valence electrons. The van der Waals surface area contributed by atoms with E-state index in [4.69, 9.17) is 16.3 Å². The summed E-state index contributed by atoms with van der Waals surface area (Å²) in [5.41, 5.74) is 2.01. The van der Waals surface area contributed by atoms with Crippen molar-refractivity contribution in [1.82, 2.24) is 20.0 Å². The summed E-state index contributed by atoms with van der Waals surface area (Å²) >= 11 is 5.93. The summed E-state index contributed by atoms with van der Waals surface area (Å²) in [6, 6.07) is 7.54. The third-order valence-electron chi connectivity index (χ3n) is 4.72. The Morgan fingerprint density at radius 1 is 1.32 bits per heavy atom. The van der Waals surface area contributed by atoms with Crippen LogP contribution in [-0.4, -0.2) is 53.9 Å². The molecule has 9 heteroatoms. The highest BCUT2D eigenvalue weighted by Gasteiger charge is 2.26. The molecular formula is C19H25ClIN5O2. The molecule has 1 aliphatic rings. The summed E-state index contributed by atoms with van der Waals surface area (Å²) in [6.45, 7) is 2.18. The second-order valence-electron chi connectivity index (χ2n) is 6.45. The molecule has 0 amide bonds. The summed E-state index contributed by atoms with van der Waals surface area (Å²) in [7, 11) is 3.21. The van der Waals surface area contributed by atoms with Gasteiger partial charge in [0.05, 0.1) is 24.9 Å². The number of esters is 1. The minimum atomic E-state index is -0.118. The molecule has 28 heavy (non-hydrogen) atoms.